The molecule has 4 heteroatoms. The monoisotopic (exact) mass is 333 g/mol. The van der Waals surface area contributed by atoms with E-state index in [1.807, 2.05) is 77.1 Å². The zero-order valence-electron chi connectivity index (χ0n) is 15.6. The fraction of sp³-hybridized carbons (Fsp3) is 0.550. The van der Waals surface area contributed by atoms with E-state index in [1.54, 1.807) is 4.90 Å². The molecule has 0 N–H and O–H groups in total. The normalized spacial score (nSPS) is 12.8. The Bertz CT molecular complexity index is 489. The number of benzene rings is 1. The van der Waals surface area contributed by atoms with Crippen LogP contribution in [0.3, 0.4) is 0 Å². The van der Waals surface area contributed by atoms with Gasteiger partial charge in [0.05, 0.1) is 13.2 Å². The second-order valence-electron chi connectivity index (χ2n) is 6.44. The Morgan fingerprint density at radius 2 is 1.71 bits per heavy atom. The average molecular weight is 333 g/mol. The maximum atomic E-state index is 12.2. The van der Waals surface area contributed by atoms with Crippen molar-refractivity contribution in [2.75, 3.05) is 6.61 Å². The smallest absolute Gasteiger partial charge is 0.410 e. The summed E-state index contributed by atoms with van der Waals surface area (Å²) in [5, 5.41) is 0. The van der Waals surface area contributed by atoms with Crippen molar-refractivity contribution in [3.8, 4) is 0 Å². The lowest BCUT2D eigenvalue weighted by Crippen LogP contribution is -2.43. The molecule has 0 saturated carbocycles. The standard InChI is InChI=1S/C20H31NO3/c1-16(2)21(17(3)4)20(22)24-18(5)11-9-10-14-23-15-19-12-7-6-8-13-19/h6-9,11-13,16-18H,10,14-15H2,1-5H3/b11-9+/t18-/m0/s1. The number of carbonyl (C=O) groups is 1. The fourth-order valence-electron chi connectivity index (χ4n) is 2.48. The molecule has 0 saturated heterocycles. The van der Waals surface area contributed by atoms with Gasteiger partial charge in [0.25, 0.3) is 0 Å². The summed E-state index contributed by atoms with van der Waals surface area (Å²) in [5.41, 5.74) is 1.17. The number of nitrogens with zero attached hydrogens (tertiary/aromatic N) is 1. The maximum Gasteiger partial charge on any atom is 0.410 e. The molecule has 1 rings (SSSR count). The SMILES string of the molecule is CC(C)N(C(=O)O[C@@H](C)/C=C/CCOCc1ccccc1)C(C)C. The van der Waals surface area contributed by atoms with Gasteiger partial charge in [-0.3, -0.25) is 0 Å². The zero-order chi connectivity index (χ0) is 17.9. The van der Waals surface area contributed by atoms with Crippen molar-refractivity contribution in [1.82, 2.24) is 4.90 Å². The van der Waals surface area contributed by atoms with E-state index in [0.29, 0.717) is 13.2 Å². The molecular weight excluding hydrogens is 302 g/mol. The fourth-order valence-corrected chi connectivity index (χ4v) is 2.48. The third kappa shape index (κ3) is 7.64. The summed E-state index contributed by atoms with van der Waals surface area (Å²) >= 11 is 0. The van der Waals surface area contributed by atoms with E-state index in [4.69, 9.17) is 9.47 Å². The lowest BCUT2D eigenvalue weighted by atomic mass is 10.2. The van der Waals surface area contributed by atoms with Gasteiger partial charge in [-0.25, -0.2) is 4.79 Å². The molecule has 1 amide bonds. The summed E-state index contributed by atoms with van der Waals surface area (Å²) in [6.07, 6.45) is 4.19. The van der Waals surface area contributed by atoms with Crippen molar-refractivity contribution >= 4 is 6.09 Å². The van der Waals surface area contributed by atoms with E-state index < -0.39 is 0 Å². The molecule has 0 heterocycles. The molecule has 0 aromatic heterocycles. The van der Waals surface area contributed by atoms with Crippen LogP contribution >= 0.6 is 0 Å². The van der Waals surface area contributed by atoms with Gasteiger partial charge >= 0.3 is 6.09 Å². The summed E-state index contributed by atoms with van der Waals surface area (Å²) in [5.74, 6) is 0. The summed E-state index contributed by atoms with van der Waals surface area (Å²) in [6.45, 7) is 11.1. The Labute approximate surface area is 146 Å². The second-order valence-corrected chi connectivity index (χ2v) is 6.44. The average Bonchev–Trinajstić information content (AvgIpc) is 2.50. The Morgan fingerprint density at radius 3 is 2.29 bits per heavy atom. The first-order valence-electron chi connectivity index (χ1n) is 8.69. The van der Waals surface area contributed by atoms with Gasteiger partial charge in [-0.2, -0.15) is 0 Å². The summed E-state index contributed by atoms with van der Waals surface area (Å²) in [4.78, 5) is 13.9. The van der Waals surface area contributed by atoms with E-state index >= 15 is 0 Å². The van der Waals surface area contributed by atoms with E-state index in [0.717, 1.165) is 6.42 Å². The van der Waals surface area contributed by atoms with Gasteiger partial charge in [-0.1, -0.05) is 36.4 Å². The molecule has 0 radical (unpaired) electrons. The van der Waals surface area contributed by atoms with Crippen LogP contribution in [0.2, 0.25) is 0 Å². The number of hydrogen-bond acceptors (Lipinski definition) is 3. The third-order valence-electron chi connectivity index (χ3n) is 3.56. The van der Waals surface area contributed by atoms with Crippen molar-refractivity contribution < 1.29 is 14.3 Å². The van der Waals surface area contributed by atoms with Gasteiger partial charge < -0.3 is 14.4 Å². The highest BCUT2D eigenvalue weighted by Gasteiger charge is 2.22. The van der Waals surface area contributed by atoms with Crippen molar-refractivity contribution in [2.45, 2.75) is 65.8 Å². The highest BCUT2D eigenvalue weighted by molar-refractivity contribution is 5.68. The van der Waals surface area contributed by atoms with Crippen LogP contribution in [0.4, 0.5) is 4.79 Å². The largest absolute Gasteiger partial charge is 0.442 e. The Morgan fingerprint density at radius 1 is 1.08 bits per heavy atom. The van der Waals surface area contributed by atoms with Crippen LogP contribution in [-0.2, 0) is 16.1 Å². The molecule has 0 aliphatic rings. The molecule has 0 fully saturated rings. The van der Waals surface area contributed by atoms with Gasteiger partial charge in [-0.15, -0.1) is 0 Å². The molecule has 134 valence electrons. The molecule has 0 aliphatic heterocycles. The molecule has 0 bridgehead atoms. The van der Waals surface area contributed by atoms with Crippen LogP contribution in [-0.4, -0.2) is 35.8 Å². The number of ether oxygens (including phenoxy) is 2. The highest BCUT2D eigenvalue weighted by atomic mass is 16.6. The van der Waals surface area contributed by atoms with E-state index in [-0.39, 0.29) is 24.3 Å². The lowest BCUT2D eigenvalue weighted by Gasteiger charge is -2.30. The number of amides is 1. The predicted molar refractivity (Wildman–Crippen MR) is 97.9 cm³/mol. The van der Waals surface area contributed by atoms with Crippen molar-refractivity contribution in [3.63, 3.8) is 0 Å². The van der Waals surface area contributed by atoms with Gasteiger partial charge in [0.1, 0.15) is 6.10 Å². The van der Waals surface area contributed by atoms with E-state index in [1.165, 1.54) is 5.56 Å². The first kappa shape index (κ1) is 20.2. The Hall–Kier alpha value is -1.81. The highest BCUT2D eigenvalue weighted by Crippen LogP contribution is 2.09. The van der Waals surface area contributed by atoms with Crippen LogP contribution in [0.15, 0.2) is 42.5 Å². The molecule has 1 aromatic carbocycles. The first-order chi connectivity index (χ1) is 11.4. The van der Waals surface area contributed by atoms with E-state index in [9.17, 15) is 4.79 Å². The topological polar surface area (TPSA) is 38.8 Å². The minimum atomic E-state index is -0.266. The van der Waals surface area contributed by atoms with Gasteiger partial charge in [-0.05, 0) is 52.7 Å². The molecule has 0 unspecified atom stereocenters. The molecule has 4 nitrogen and oxygen atoms in total. The Balaban J connectivity index is 2.25. The van der Waals surface area contributed by atoms with Crippen LogP contribution in [0, 0.1) is 0 Å². The second kappa shape index (κ2) is 10.9. The minimum absolute atomic E-state index is 0.125. The summed E-state index contributed by atoms with van der Waals surface area (Å²) < 4.78 is 11.1. The molecule has 1 atom stereocenters. The van der Waals surface area contributed by atoms with Crippen LogP contribution in [0.1, 0.15) is 46.6 Å². The minimum Gasteiger partial charge on any atom is -0.442 e. The number of rotatable bonds is 9. The van der Waals surface area contributed by atoms with Crippen molar-refractivity contribution in [2.24, 2.45) is 0 Å². The lowest BCUT2D eigenvalue weighted by molar-refractivity contribution is 0.0652. The number of hydrogen-bond donors (Lipinski definition) is 0. The van der Waals surface area contributed by atoms with Crippen molar-refractivity contribution in [3.05, 3.63) is 48.0 Å². The summed E-state index contributed by atoms with van der Waals surface area (Å²) in [7, 11) is 0. The van der Waals surface area contributed by atoms with Crippen LogP contribution < -0.4 is 0 Å². The summed E-state index contributed by atoms with van der Waals surface area (Å²) in [6, 6.07) is 10.4. The van der Waals surface area contributed by atoms with Crippen LogP contribution in [0.5, 0.6) is 0 Å². The molecular formula is C20H31NO3. The molecule has 0 spiro atoms. The molecule has 24 heavy (non-hydrogen) atoms. The number of carbonyl (C=O) groups excluding carboxylic acids is 1. The van der Waals surface area contributed by atoms with Gasteiger partial charge in [0.2, 0.25) is 0 Å². The zero-order valence-corrected chi connectivity index (χ0v) is 15.6. The third-order valence-corrected chi connectivity index (χ3v) is 3.56. The van der Waals surface area contributed by atoms with Gasteiger partial charge in [0.15, 0.2) is 0 Å². The molecule has 1 aromatic rings. The molecule has 0 aliphatic carbocycles. The predicted octanol–water partition coefficient (Wildman–Crippen LogP) is 4.79. The first-order valence-corrected chi connectivity index (χ1v) is 8.69. The maximum absolute atomic E-state index is 12.2. The van der Waals surface area contributed by atoms with Crippen LogP contribution in [0.25, 0.3) is 0 Å². The van der Waals surface area contributed by atoms with Crippen molar-refractivity contribution in [1.29, 1.82) is 0 Å². The van der Waals surface area contributed by atoms with E-state index in [2.05, 4.69) is 0 Å². The quantitative estimate of drug-likeness (QED) is 0.481. The van der Waals surface area contributed by atoms with Gasteiger partial charge in [0, 0.05) is 12.1 Å². The Kier molecular flexibility index (Phi) is 9.16.